The maximum absolute atomic E-state index is 11.3. The van der Waals surface area contributed by atoms with E-state index < -0.39 is 28.2 Å². The molecule has 20 heavy (non-hydrogen) atoms. The van der Waals surface area contributed by atoms with Crippen LogP contribution >= 0.6 is 11.6 Å². The third-order valence-corrected chi connectivity index (χ3v) is 3.82. The van der Waals surface area contributed by atoms with E-state index >= 15 is 0 Å². The number of aliphatic hydroxyl groups excluding tert-OH is 2. The summed E-state index contributed by atoms with van der Waals surface area (Å²) in [6, 6.07) is 3.38. The Balaban J connectivity index is 3.04. The molecule has 2 unspecified atom stereocenters. The van der Waals surface area contributed by atoms with Crippen molar-refractivity contribution in [2.75, 3.05) is 6.61 Å². The van der Waals surface area contributed by atoms with Crippen LogP contribution in [0, 0.1) is 0 Å². The van der Waals surface area contributed by atoms with Crippen molar-refractivity contribution in [3.05, 3.63) is 28.8 Å². The number of esters is 1. The minimum absolute atomic E-state index is 0.0493. The maximum Gasteiger partial charge on any atom is 0.338 e. The Morgan fingerprint density at radius 2 is 2.05 bits per heavy atom. The first-order valence-electron chi connectivity index (χ1n) is 5.53. The van der Waals surface area contributed by atoms with Crippen LogP contribution in [0.2, 0.25) is 5.02 Å². The molecule has 9 heteroatoms. The smallest absolute Gasteiger partial charge is 0.338 e. The summed E-state index contributed by atoms with van der Waals surface area (Å²) in [5.74, 6) is -0.994. The van der Waals surface area contributed by atoms with Gasteiger partial charge in [-0.2, -0.15) is 0 Å². The fourth-order valence-corrected chi connectivity index (χ4v) is 2.57. The molecule has 4 N–H and O–H groups in total. The lowest BCUT2D eigenvalue weighted by atomic mass is 10.0. The number of primary sulfonamides is 1. The zero-order valence-corrected chi connectivity index (χ0v) is 12.1. The number of benzene rings is 1. The zero-order valence-electron chi connectivity index (χ0n) is 10.5. The Bertz CT molecular complexity index is 603. The van der Waals surface area contributed by atoms with Crippen molar-refractivity contribution in [3.63, 3.8) is 0 Å². The Labute approximate surface area is 121 Å². The zero-order chi connectivity index (χ0) is 15.5. The highest BCUT2D eigenvalue weighted by Gasteiger charge is 2.27. The van der Waals surface area contributed by atoms with Gasteiger partial charge in [-0.1, -0.05) is 17.7 Å². The SMILES string of the molecule is CCOC(=O)C(O)C(O)c1ccc(S(N)(=O)=O)c(Cl)c1. The molecule has 0 aliphatic carbocycles. The molecule has 0 amide bonds. The van der Waals surface area contributed by atoms with Crippen LogP contribution < -0.4 is 5.14 Å². The molecule has 0 bridgehead atoms. The van der Waals surface area contributed by atoms with Crippen molar-refractivity contribution in [1.82, 2.24) is 0 Å². The number of nitrogens with two attached hydrogens (primary N) is 1. The van der Waals surface area contributed by atoms with E-state index in [2.05, 4.69) is 4.74 Å². The van der Waals surface area contributed by atoms with Crippen LogP contribution in [-0.2, 0) is 19.6 Å². The Kier molecular flexibility index (Phi) is 5.49. The number of sulfonamides is 1. The summed E-state index contributed by atoms with van der Waals surface area (Å²) < 4.78 is 26.9. The average Bonchev–Trinajstić information content (AvgIpc) is 2.35. The minimum Gasteiger partial charge on any atom is -0.464 e. The first-order valence-corrected chi connectivity index (χ1v) is 7.46. The third kappa shape index (κ3) is 3.90. The molecule has 112 valence electrons. The predicted molar refractivity (Wildman–Crippen MR) is 70.4 cm³/mol. The molecule has 2 atom stereocenters. The van der Waals surface area contributed by atoms with Gasteiger partial charge in [-0.15, -0.1) is 0 Å². The van der Waals surface area contributed by atoms with Crippen molar-refractivity contribution < 1.29 is 28.2 Å². The summed E-state index contributed by atoms with van der Waals surface area (Å²) in [6.07, 6.45) is -3.40. The summed E-state index contributed by atoms with van der Waals surface area (Å²) in [7, 11) is -3.99. The second-order valence-corrected chi connectivity index (χ2v) is 5.81. The van der Waals surface area contributed by atoms with Gasteiger partial charge in [-0.3, -0.25) is 0 Å². The molecule has 1 aromatic carbocycles. The molecule has 0 saturated carbocycles. The molecule has 0 fully saturated rings. The standard InChI is InChI=1S/C11H14ClNO6S/c1-2-19-11(16)10(15)9(14)6-3-4-8(7(12)5-6)20(13,17)18/h3-5,9-10,14-15H,2H2,1H3,(H2,13,17,18). The Morgan fingerprint density at radius 3 is 2.50 bits per heavy atom. The van der Waals surface area contributed by atoms with Crippen LogP contribution in [-0.4, -0.2) is 37.3 Å². The van der Waals surface area contributed by atoms with E-state index in [4.69, 9.17) is 16.7 Å². The fourth-order valence-electron chi connectivity index (χ4n) is 1.47. The van der Waals surface area contributed by atoms with Gasteiger partial charge in [0.15, 0.2) is 6.10 Å². The van der Waals surface area contributed by atoms with Gasteiger partial charge in [-0.05, 0) is 24.6 Å². The molecule has 1 aromatic rings. The molecule has 0 aliphatic heterocycles. The van der Waals surface area contributed by atoms with Gasteiger partial charge in [0.25, 0.3) is 0 Å². The maximum atomic E-state index is 11.3. The van der Waals surface area contributed by atoms with Crippen LogP contribution in [0.5, 0.6) is 0 Å². The highest BCUT2D eigenvalue weighted by molar-refractivity contribution is 7.89. The van der Waals surface area contributed by atoms with E-state index in [0.29, 0.717) is 0 Å². The number of hydrogen-bond acceptors (Lipinski definition) is 6. The van der Waals surface area contributed by atoms with Crippen molar-refractivity contribution in [3.8, 4) is 0 Å². The van der Waals surface area contributed by atoms with E-state index in [9.17, 15) is 23.4 Å². The number of aliphatic hydroxyl groups is 2. The summed E-state index contributed by atoms with van der Waals surface area (Å²) in [5, 5.41) is 24.1. The first-order chi connectivity index (χ1) is 9.18. The largest absolute Gasteiger partial charge is 0.464 e. The lowest BCUT2D eigenvalue weighted by Crippen LogP contribution is -2.30. The van der Waals surface area contributed by atoms with E-state index in [1.165, 1.54) is 6.07 Å². The van der Waals surface area contributed by atoms with E-state index in [1.807, 2.05) is 0 Å². The monoisotopic (exact) mass is 323 g/mol. The molecule has 0 aromatic heterocycles. The molecule has 0 saturated heterocycles. The van der Waals surface area contributed by atoms with Crippen molar-refractivity contribution in [2.24, 2.45) is 5.14 Å². The summed E-state index contributed by atoms with van der Waals surface area (Å²) in [6.45, 7) is 1.60. The third-order valence-electron chi connectivity index (χ3n) is 2.43. The van der Waals surface area contributed by atoms with Crippen LogP contribution in [0.3, 0.4) is 0 Å². The molecule has 0 radical (unpaired) electrons. The normalized spacial score (nSPS) is 14.7. The molecule has 0 spiro atoms. The summed E-state index contributed by atoms with van der Waals surface area (Å²) in [4.78, 5) is 11.0. The summed E-state index contributed by atoms with van der Waals surface area (Å²) >= 11 is 5.74. The quantitative estimate of drug-likeness (QED) is 0.652. The van der Waals surface area contributed by atoms with Crippen LogP contribution in [0.4, 0.5) is 0 Å². The predicted octanol–water partition coefficient (Wildman–Crippen LogP) is -0.0552. The van der Waals surface area contributed by atoms with Crippen LogP contribution in [0.1, 0.15) is 18.6 Å². The van der Waals surface area contributed by atoms with Crippen molar-refractivity contribution >= 4 is 27.6 Å². The number of carbonyl (C=O) groups is 1. The number of ether oxygens (including phenoxy) is 1. The lowest BCUT2D eigenvalue weighted by molar-refractivity contribution is -0.159. The van der Waals surface area contributed by atoms with Gasteiger partial charge in [-0.25, -0.2) is 18.4 Å². The average molecular weight is 324 g/mol. The Hall–Kier alpha value is -1.19. The molecular formula is C11H14ClNO6S. The highest BCUT2D eigenvalue weighted by atomic mass is 35.5. The number of hydrogen-bond donors (Lipinski definition) is 3. The van der Waals surface area contributed by atoms with E-state index in [0.717, 1.165) is 12.1 Å². The highest BCUT2D eigenvalue weighted by Crippen LogP contribution is 2.26. The Morgan fingerprint density at radius 1 is 1.45 bits per heavy atom. The molecular weight excluding hydrogens is 310 g/mol. The first kappa shape index (κ1) is 16.9. The number of halogens is 1. The minimum atomic E-state index is -3.99. The van der Waals surface area contributed by atoms with Gasteiger partial charge < -0.3 is 14.9 Å². The van der Waals surface area contributed by atoms with Crippen molar-refractivity contribution in [1.29, 1.82) is 0 Å². The molecule has 0 heterocycles. The van der Waals surface area contributed by atoms with Gasteiger partial charge in [0.05, 0.1) is 11.6 Å². The van der Waals surface area contributed by atoms with Gasteiger partial charge in [0, 0.05) is 0 Å². The second-order valence-electron chi connectivity index (χ2n) is 3.88. The lowest BCUT2D eigenvalue weighted by Gasteiger charge is -2.17. The van der Waals surface area contributed by atoms with E-state index in [1.54, 1.807) is 6.92 Å². The molecule has 1 rings (SSSR count). The van der Waals surface area contributed by atoms with Gasteiger partial charge in [0.1, 0.15) is 11.0 Å². The number of carbonyl (C=O) groups excluding carboxylic acids is 1. The van der Waals surface area contributed by atoms with Crippen LogP contribution in [0.25, 0.3) is 0 Å². The van der Waals surface area contributed by atoms with E-state index in [-0.39, 0.29) is 22.1 Å². The summed E-state index contributed by atoms with van der Waals surface area (Å²) in [5.41, 5.74) is 0.0583. The fraction of sp³-hybridized carbons (Fsp3) is 0.364. The second kappa shape index (κ2) is 6.51. The number of rotatable bonds is 5. The van der Waals surface area contributed by atoms with Crippen molar-refractivity contribution in [2.45, 2.75) is 24.0 Å². The molecule has 7 nitrogen and oxygen atoms in total. The molecule has 0 aliphatic rings. The van der Waals surface area contributed by atoms with Crippen LogP contribution in [0.15, 0.2) is 23.1 Å². The van der Waals surface area contributed by atoms with Gasteiger partial charge in [0.2, 0.25) is 10.0 Å². The topological polar surface area (TPSA) is 127 Å². The van der Waals surface area contributed by atoms with Gasteiger partial charge >= 0.3 is 5.97 Å².